The molecule has 17 heavy (non-hydrogen) atoms. The summed E-state index contributed by atoms with van der Waals surface area (Å²) in [6.45, 7) is 10.9. The van der Waals surface area contributed by atoms with Crippen molar-refractivity contribution in [3.05, 3.63) is 0 Å². The highest BCUT2D eigenvalue weighted by Crippen LogP contribution is 2.22. The minimum absolute atomic E-state index is 0.727. The van der Waals surface area contributed by atoms with Crippen LogP contribution in [-0.2, 0) is 0 Å². The van der Waals surface area contributed by atoms with Gasteiger partial charge in [0, 0.05) is 19.6 Å². The van der Waals surface area contributed by atoms with E-state index >= 15 is 0 Å². The summed E-state index contributed by atoms with van der Waals surface area (Å²) in [5.74, 6) is 1.55. The minimum Gasteiger partial charge on any atom is -0.330 e. The van der Waals surface area contributed by atoms with E-state index < -0.39 is 0 Å². The molecule has 2 N–H and O–H groups in total. The van der Waals surface area contributed by atoms with Gasteiger partial charge in [-0.3, -0.25) is 0 Å². The highest BCUT2D eigenvalue weighted by molar-refractivity contribution is 4.79. The Morgan fingerprint density at radius 3 is 2.41 bits per heavy atom. The lowest BCUT2D eigenvalue weighted by atomic mass is 9.87. The molecule has 3 nitrogen and oxygen atoms in total. The van der Waals surface area contributed by atoms with Crippen molar-refractivity contribution in [1.29, 1.82) is 0 Å². The highest BCUT2D eigenvalue weighted by Gasteiger charge is 2.25. The van der Waals surface area contributed by atoms with E-state index in [-0.39, 0.29) is 0 Å². The first-order valence-corrected chi connectivity index (χ1v) is 7.44. The number of nitrogens with zero attached hydrogens (tertiary/aromatic N) is 2. The minimum atomic E-state index is 0.727. The van der Waals surface area contributed by atoms with E-state index in [0.29, 0.717) is 0 Å². The molecule has 0 radical (unpaired) electrons. The highest BCUT2D eigenvalue weighted by atomic mass is 15.2. The molecule has 2 aliphatic heterocycles. The summed E-state index contributed by atoms with van der Waals surface area (Å²) in [7, 11) is 0. The maximum absolute atomic E-state index is 5.86. The lowest BCUT2D eigenvalue weighted by Gasteiger charge is -2.38. The van der Waals surface area contributed by atoms with Crippen LogP contribution < -0.4 is 5.73 Å². The number of hydrogen-bond donors (Lipinski definition) is 1. The maximum atomic E-state index is 5.86. The van der Waals surface area contributed by atoms with Crippen LogP contribution in [-0.4, -0.2) is 55.6 Å². The van der Waals surface area contributed by atoms with Crippen LogP contribution in [0, 0.1) is 11.8 Å². The van der Waals surface area contributed by atoms with Gasteiger partial charge < -0.3 is 15.5 Å². The van der Waals surface area contributed by atoms with Gasteiger partial charge in [-0.2, -0.15) is 0 Å². The molecular formula is C14H29N3. The molecule has 2 saturated heterocycles. The van der Waals surface area contributed by atoms with Crippen molar-refractivity contribution in [2.24, 2.45) is 17.6 Å². The van der Waals surface area contributed by atoms with Crippen LogP contribution >= 0.6 is 0 Å². The number of piperidine rings is 2. The lowest BCUT2D eigenvalue weighted by Crippen LogP contribution is -2.46. The Morgan fingerprint density at radius 1 is 1.00 bits per heavy atom. The van der Waals surface area contributed by atoms with Crippen LogP contribution in [0.1, 0.15) is 32.6 Å². The van der Waals surface area contributed by atoms with Crippen molar-refractivity contribution >= 4 is 0 Å². The zero-order valence-electron chi connectivity index (χ0n) is 11.4. The first-order chi connectivity index (χ1) is 8.29. The molecule has 0 aromatic heterocycles. The molecule has 0 bridgehead atoms. The summed E-state index contributed by atoms with van der Waals surface area (Å²) in [5.41, 5.74) is 5.86. The van der Waals surface area contributed by atoms with Crippen molar-refractivity contribution in [1.82, 2.24) is 9.80 Å². The van der Waals surface area contributed by atoms with E-state index in [1.807, 2.05) is 0 Å². The average Bonchev–Trinajstić information content (AvgIpc) is 2.39. The fourth-order valence-electron chi connectivity index (χ4n) is 3.20. The molecule has 2 fully saturated rings. The molecule has 2 rings (SSSR count). The first-order valence-electron chi connectivity index (χ1n) is 7.44. The van der Waals surface area contributed by atoms with Gasteiger partial charge in [0.05, 0.1) is 0 Å². The molecule has 0 saturated carbocycles. The molecule has 0 amide bonds. The molecule has 2 aliphatic rings. The van der Waals surface area contributed by atoms with E-state index in [2.05, 4.69) is 16.7 Å². The van der Waals surface area contributed by atoms with E-state index in [0.717, 1.165) is 18.4 Å². The van der Waals surface area contributed by atoms with E-state index in [4.69, 9.17) is 5.73 Å². The lowest BCUT2D eigenvalue weighted by molar-refractivity contribution is 0.111. The number of hydrogen-bond acceptors (Lipinski definition) is 3. The average molecular weight is 239 g/mol. The van der Waals surface area contributed by atoms with Gasteiger partial charge in [-0.15, -0.1) is 0 Å². The molecule has 0 aliphatic carbocycles. The molecule has 2 heterocycles. The molecule has 2 atom stereocenters. The van der Waals surface area contributed by atoms with Gasteiger partial charge in [-0.1, -0.05) is 13.3 Å². The molecule has 0 aromatic carbocycles. The largest absolute Gasteiger partial charge is 0.330 e. The summed E-state index contributed by atoms with van der Waals surface area (Å²) in [6.07, 6.45) is 5.58. The molecular weight excluding hydrogens is 210 g/mol. The van der Waals surface area contributed by atoms with Crippen LogP contribution in [0.2, 0.25) is 0 Å². The first kappa shape index (κ1) is 13.3. The Morgan fingerprint density at radius 2 is 1.71 bits per heavy atom. The monoisotopic (exact) mass is 239 g/mol. The molecule has 2 unspecified atom stereocenters. The SMILES string of the molecule is CC1CCN(CCN2CCCCC2)CC1CN. The molecule has 0 spiro atoms. The predicted molar refractivity (Wildman–Crippen MR) is 73.1 cm³/mol. The Kier molecular flexibility index (Phi) is 5.26. The topological polar surface area (TPSA) is 32.5 Å². The Bertz CT molecular complexity index is 214. The predicted octanol–water partition coefficient (Wildman–Crippen LogP) is 1.39. The third kappa shape index (κ3) is 3.94. The van der Waals surface area contributed by atoms with Crippen LogP contribution in [0.15, 0.2) is 0 Å². The Hall–Kier alpha value is -0.120. The van der Waals surface area contributed by atoms with Gasteiger partial charge in [0.1, 0.15) is 0 Å². The van der Waals surface area contributed by atoms with Crippen LogP contribution in [0.4, 0.5) is 0 Å². The molecule has 100 valence electrons. The normalized spacial score (nSPS) is 32.8. The summed E-state index contributed by atoms with van der Waals surface area (Å²) >= 11 is 0. The second-order valence-corrected chi connectivity index (χ2v) is 5.96. The van der Waals surface area contributed by atoms with Gasteiger partial charge in [-0.25, -0.2) is 0 Å². The third-order valence-electron chi connectivity index (χ3n) is 4.68. The fraction of sp³-hybridized carbons (Fsp3) is 1.00. The van der Waals surface area contributed by atoms with Crippen LogP contribution in [0.25, 0.3) is 0 Å². The van der Waals surface area contributed by atoms with E-state index in [1.165, 1.54) is 65.0 Å². The standard InChI is InChI=1S/C14H29N3/c1-13-5-8-17(12-14(13)11-15)10-9-16-6-3-2-4-7-16/h13-14H,2-12,15H2,1H3. The summed E-state index contributed by atoms with van der Waals surface area (Å²) < 4.78 is 0. The zero-order chi connectivity index (χ0) is 12.1. The summed E-state index contributed by atoms with van der Waals surface area (Å²) in [4.78, 5) is 5.27. The van der Waals surface area contributed by atoms with Gasteiger partial charge in [0.25, 0.3) is 0 Å². The van der Waals surface area contributed by atoms with Crippen molar-refractivity contribution < 1.29 is 0 Å². The smallest absolute Gasteiger partial charge is 0.0109 e. The van der Waals surface area contributed by atoms with E-state index in [9.17, 15) is 0 Å². The summed E-state index contributed by atoms with van der Waals surface area (Å²) in [5, 5.41) is 0. The Balaban J connectivity index is 1.68. The van der Waals surface area contributed by atoms with Crippen molar-refractivity contribution in [2.75, 3.05) is 45.8 Å². The van der Waals surface area contributed by atoms with Gasteiger partial charge in [0.15, 0.2) is 0 Å². The van der Waals surface area contributed by atoms with Crippen molar-refractivity contribution in [3.63, 3.8) is 0 Å². The quantitative estimate of drug-likeness (QED) is 0.805. The third-order valence-corrected chi connectivity index (χ3v) is 4.68. The molecule has 3 heteroatoms. The van der Waals surface area contributed by atoms with Crippen LogP contribution in [0.5, 0.6) is 0 Å². The van der Waals surface area contributed by atoms with Crippen LogP contribution in [0.3, 0.4) is 0 Å². The van der Waals surface area contributed by atoms with Crippen molar-refractivity contribution in [2.45, 2.75) is 32.6 Å². The number of nitrogens with two attached hydrogens (primary N) is 1. The van der Waals surface area contributed by atoms with Crippen molar-refractivity contribution in [3.8, 4) is 0 Å². The van der Waals surface area contributed by atoms with Gasteiger partial charge >= 0.3 is 0 Å². The fourth-order valence-corrected chi connectivity index (χ4v) is 3.20. The number of likely N-dealkylation sites (tertiary alicyclic amines) is 2. The summed E-state index contributed by atoms with van der Waals surface area (Å²) in [6, 6.07) is 0. The second-order valence-electron chi connectivity index (χ2n) is 5.96. The second kappa shape index (κ2) is 6.72. The maximum Gasteiger partial charge on any atom is 0.0109 e. The van der Waals surface area contributed by atoms with Gasteiger partial charge in [-0.05, 0) is 57.3 Å². The van der Waals surface area contributed by atoms with Gasteiger partial charge in [0.2, 0.25) is 0 Å². The van der Waals surface area contributed by atoms with E-state index in [1.54, 1.807) is 0 Å². The Labute approximate surface area is 106 Å². The zero-order valence-corrected chi connectivity index (χ0v) is 11.4. The molecule has 0 aromatic rings. The number of rotatable bonds is 4.